The lowest BCUT2D eigenvalue weighted by Crippen LogP contribution is -2.14. The molecule has 1 amide bonds. The van der Waals surface area contributed by atoms with Crippen molar-refractivity contribution in [2.75, 3.05) is 11.1 Å². The zero-order valence-corrected chi connectivity index (χ0v) is 17.5. The number of nitrogens with zero attached hydrogens (tertiary/aromatic N) is 3. The van der Waals surface area contributed by atoms with Gasteiger partial charge in [-0.3, -0.25) is 4.79 Å². The Morgan fingerprint density at radius 2 is 1.93 bits per heavy atom. The zero-order valence-electron chi connectivity index (χ0n) is 16.6. The lowest BCUT2D eigenvalue weighted by atomic mass is 10.0. The van der Waals surface area contributed by atoms with Crippen molar-refractivity contribution in [3.8, 4) is 11.3 Å². The van der Waals surface area contributed by atoms with Crippen LogP contribution in [0, 0.1) is 20.8 Å². The molecule has 6 heteroatoms. The molecule has 0 bridgehead atoms. The number of hydrogen-bond donors (Lipinski definition) is 1. The van der Waals surface area contributed by atoms with E-state index in [-0.39, 0.29) is 11.7 Å². The monoisotopic (exact) mass is 402 g/mol. The van der Waals surface area contributed by atoms with Crippen molar-refractivity contribution in [1.29, 1.82) is 0 Å². The van der Waals surface area contributed by atoms with Crippen LogP contribution in [-0.4, -0.2) is 26.3 Å². The standard InChI is InChI=1S/C23H22N4OS/c1-15-5-4-6-19(11-15)25-22(28)14-29-23-21-13-20(26-27(21)10-9-24-23)18-8-7-16(2)17(3)12-18/h4-13H,14H2,1-3H3,(H,25,28). The van der Waals surface area contributed by atoms with E-state index in [4.69, 9.17) is 0 Å². The van der Waals surface area contributed by atoms with Gasteiger partial charge in [0.1, 0.15) is 5.03 Å². The molecule has 29 heavy (non-hydrogen) atoms. The molecule has 146 valence electrons. The number of anilines is 1. The van der Waals surface area contributed by atoms with Crippen LogP contribution in [-0.2, 0) is 4.79 Å². The van der Waals surface area contributed by atoms with E-state index in [9.17, 15) is 4.79 Å². The van der Waals surface area contributed by atoms with Gasteiger partial charge in [-0.05, 0) is 61.7 Å². The number of fused-ring (bicyclic) bond motifs is 1. The van der Waals surface area contributed by atoms with Crippen LogP contribution in [0.3, 0.4) is 0 Å². The summed E-state index contributed by atoms with van der Waals surface area (Å²) in [6.07, 6.45) is 3.54. The number of thioether (sulfide) groups is 1. The quantitative estimate of drug-likeness (QED) is 0.475. The Morgan fingerprint density at radius 3 is 2.72 bits per heavy atom. The first-order chi connectivity index (χ1) is 14.0. The van der Waals surface area contributed by atoms with Gasteiger partial charge in [-0.2, -0.15) is 5.10 Å². The molecule has 0 aliphatic rings. The topological polar surface area (TPSA) is 59.3 Å². The summed E-state index contributed by atoms with van der Waals surface area (Å²) in [7, 11) is 0. The molecule has 0 unspecified atom stereocenters. The van der Waals surface area contributed by atoms with Gasteiger partial charge in [-0.15, -0.1) is 0 Å². The third-order valence-electron chi connectivity index (χ3n) is 4.80. The maximum absolute atomic E-state index is 12.3. The highest BCUT2D eigenvalue weighted by molar-refractivity contribution is 8.00. The average Bonchev–Trinajstić information content (AvgIpc) is 3.13. The number of nitrogens with one attached hydrogen (secondary N) is 1. The van der Waals surface area contributed by atoms with E-state index < -0.39 is 0 Å². The first-order valence-corrected chi connectivity index (χ1v) is 10.4. The van der Waals surface area contributed by atoms with E-state index in [1.54, 1.807) is 6.20 Å². The lowest BCUT2D eigenvalue weighted by Gasteiger charge is -2.06. The minimum absolute atomic E-state index is 0.0571. The molecule has 2 aromatic carbocycles. The van der Waals surface area contributed by atoms with Crippen LogP contribution >= 0.6 is 11.8 Å². The summed E-state index contributed by atoms with van der Waals surface area (Å²) in [6, 6.07) is 16.1. The molecule has 0 spiro atoms. The van der Waals surface area contributed by atoms with Gasteiger partial charge in [0.25, 0.3) is 0 Å². The van der Waals surface area contributed by atoms with Crippen molar-refractivity contribution in [3.05, 3.63) is 77.6 Å². The summed E-state index contributed by atoms with van der Waals surface area (Å²) >= 11 is 1.41. The van der Waals surface area contributed by atoms with Gasteiger partial charge >= 0.3 is 0 Å². The van der Waals surface area contributed by atoms with E-state index in [2.05, 4.69) is 47.4 Å². The Bertz CT molecular complexity index is 1200. The number of benzene rings is 2. The van der Waals surface area contributed by atoms with Crippen molar-refractivity contribution in [2.45, 2.75) is 25.8 Å². The molecule has 4 rings (SSSR count). The van der Waals surface area contributed by atoms with Gasteiger partial charge in [0, 0.05) is 23.6 Å². The van der Waals surface area contributed by atoms with Crippen LogP contribution in [0.4, 0.5) is 5.69 Å². The molecule has 4 aromatic rings. The Kier molecular flexibility index (Phi) is 5.36. The van der Waals surface area contributed by atoms with Crippen LogP contribution in [0.1, 0.15) is 16.7 Å². The minimum atomic E-state index is -0.0571. The molecular formula is C23H22N4OS. The largest absolute Gasteiger partial charge is 0.325 e. The first kappa shape index (κ1) is 19.2. The van der Waals surface area contributed by atoms with Crippen LogP contribution in [0.2, 0.25) is 0 Å². The highest BCUT2D eigenvalue weighted by atomic mass is 32.2. The van der Waals surface area contributed by atoms with Gasteiger partial charge in [0.05, 0.1) is 17.0 Å². The second kappa shape index (κ2) is 8.09. The van der Waals surface area contributed by atoms with Crippen molar-refractivity contribution in [1.82, 2.24) is 14.6 Å². The Labute approximate surface area is 174 Å². The van der Waals surface area contributed by atoms with Crippen LogP contribution in [0.25, 0.3) is 16.8 Å². The molecular weight excluding hydrogens is 380 g/mol. The molecule has 2 aromatic heterocycles. The molecule has 5 nitrogen and oxygen atoms in total. The van der Waals surface area contributed by atoms with Crippen molar-refractivity contribution >= 4 is 28.9 Å². The summed E-state index contributed by atoms with van der Waals surface area (Å²) in [5.41, 5.74) is 7.28. The van der Waals surface area contributed by atoms with Gasteiger partial charge in [-0.25, -0.2) is 9.50 Å². The summed E-state index contributed by atoms with van der Waals surface area (Å²) in [5.74, 6) is 0.225. The third-order valence-corrected chi connectivity index (χ3v) is 5.79. The minimum Gasteiger partial charge on any atom is -0.325 e. The summed E-state index contributed by atoms with van der Waals surface area (Å²) in [4.78, 5) is 16.8. The van der Waals surface area contributed by atoms with E-state index in [0.29, 0.717) is 0 Å². The summed E-state index contributed by atoms with van der Waals surface area (Å²) < 4.78 is 1.82. The van der Waals surface area contributed by atoms with Gasteiger partial charge in [0.15, 0.2) is 0 Å². The molecule has 0 saturated heterocycles. The normalized spacial score (nSPS) is 11.0. The van der Waals surface area contributed by atoms with Crippen LogP contribution < -0.4 is 5.32 Å². The van der Waals surface area contributed by atoms with Crippen molar-refractivity contribution < 1.29 is 4.79 Å². The van der Waals surface area contributed by atoms with Gasteiger partial charge in [-0.1, -0.05) is 36.0 Å². The van der Waals surface area contributed by atoms with E-state index in [1.165, 1.54) is 22.9 Å². The number of aromatic nitrogens is 3. The zero-order chi connectivity index (χ0) is 20.4. The molecule has 1 N–H and O–H groups in total. The second-order valence-electron chi connectivity index (χ2n) is 7.10. The molecule has 0 radical (unpaired) electrons. The number of carbonyl (C=O) groups is 1. The van der Waals surface area contributed by atoms with Crippen LogP contribution in [0.5, 0.6) is 0 Å². The van der Waals surface area contributed by atoms with Crippen LogP contribution in [0.15, 0.2) is 66.0 Å². The number of amides is 1. The molecule has 0 aliphatic carbocycles. The van der Waals surface area contributed by atoms with E-state index in [1.807, 2.05) is 48.0 Å². The van der Waals surface area contributed by atoms with Crippen molar-refractivity contribution in [3.63, 3.8) is 0 Å². The fourth-order valence-corrected chi connectivity index (χ4v) is 3.88. The molecule has 0 aliphatic heterocycles. The Morgan fingerprint density at radius 1 is 1.07 bits per heavy atom. The predicted octanol–water partition coefficient (Wildman–Crippen LogP) is 5.05. The second-order valence-corrected chi connectivity index (χ2v) is 8.06. The lowest BCUT2D eigenvalue weighted by molar-refractivity contribution is -0.113. The smallest absolute Gasteiger partial charge is 0.234 e. The average molecular weight is 403 g/mol. The van der Waals surface area contributed by atoms with Gasteiger partial charge < -0.3 is 5.32 Å². The number of carbonyl (C=O) groups excluding carboxylic acids is 1. The molecule has 0 fully saturated rings. The predicted molar refractivity (Wildman–Crippen MR) is 118 cm³/mol. The Balaban J connectivity index is 1.52. The number of hydrogen-bond acceptors (Lipinski definition) is 4. The maximum atomic E-state index is 12.3. The molecule has 0 saturated carbocycles. The summed E-state index contributed by atoms with van der Waals surface area (Å²) in [6.45, 7) is 6.20. The highest BCUT2D eigenvalue weighted by Crippen LogP contribution is 2.27. The fourth-order valence-electron chi connectivity index (χ4n) is 3.10. The molecule has 0 atom stereocenters. The van der Waals surface area contributed by atoms with Crippen molar-refractivity contribution in [2.24, 2.45) is 0 Å². The SMILES string of the molecule is Cc1cccc(NC(=O)CSc2nccn3nc(-c4ccc(C)c(C)c4)cc23)c1. The molecule has 2 heterocycles. The highest BCUT2D eigenvalue weighted by Gasteiger charge is 2.12. The van der Waals surface area contributed by atoms with E-state index >= 15 is 0 Å². The van der Waals surface area contributed by atoms with E-state index in [0.717, 1.165) is 33.1 Å². The maximum Gasteiger partial charge on any atom is 0.234 e. The Hall–Kier alpha value is -3.12. The van der Waals surface area contributed by atoms with Gasteiger partial charge in [0.2, 0.25) is 5.91 Å². The first-order valence-electron chi connectivity index (χ1n) is 9.41. The summed E-state index contributed by atoms with van der Waals surface area (Å²) in [5, 5.41) is 8.40. The number of rotatable bonds is 5. The number of aryl methyl sites for hydroxylation is 3. The fraction of sp³-hybridized carbons (Fsp3) is 0.174. The third kappa shape index (κ3) is 4.32.